The first-order valence-corrected chi connectivity index (χ1v) is 10.8. The molecular formula is C18H22N4O5S. The summed E-state index contributed by atoms with van der Waals surface area (Å²) in [7, 11) is -3.29. The zero-order chi connectivity index (χ0) is 20.1. The van der Waals surface area contributed by atoms with Crippen molar-refractivity contribution in [3.63, 3.8) is 0 Å². The van der Waals surface area contributed by atoms with Crippen molar-refractivity contribution in [1.29, 1.82) is 0 Å². The van der Waals surface area contributed by atoms with Gasteiger partial charge in [0.05, 0.1) is 23.9 Å². The second-order valence-electron chi connectivity index (χ2n) is 6.77. The van der Waals surface area contributed by atoms with E-state index in [0.29, 0.717) is 29.8 Å². The van der Waals surface area contributed by atoms with Gasteiger partial charge in [-0.15, -0.1) is 0 Å². The van der Waals surface area contributed by atoms with E-state index in [4.69, 9.17) is 4.74 Å². The highest BCUT2D eigenvalue weighted by molar-refractivity contribution is 7.92. The quantitative estimate of drug-likeness (QED) is 0.555. The largest absolute Gasteiger partial charge is 0.493 e. The van der Waals surface area contributed by atoms with Crippen molar-refractivity contribution in [3.8, 4) is 5.75 Å². The molecule has 1 aliphatic heterocycles. The van der Waals surface area contributed by atoms with Crippen LogP contribution >= 0.6 is 0 Å². The Bertz CT molecular complexity index is 925. The van der Waals surface area contributed by atoms with E-state index in [1.807, 2.05) is 0 Å². The highest BCUT2D eigenvalue weighted by Gasteiger charge is 2.22. The van der Waals surface area contributed by atoms with Crippen molar-refractivity contribution in [2.24, 2.45) is 5.92 Å². The Morgan fingerprint density at radius 2 is 1.93 bits per heavy atom. The topological polar surface area (TPSA) is 115 Å². The average Bonchev–Trinajstić information content (AvgIpc) is 2.67. The van der Waals surface area contributed by atoms with Gasteiger partial charge in [-0.3, -0.25) is 14.8 Å². The molecule has 1 aliphatic rings. The first-order chi connectivity index (χ1) is 13.3. The van der Waals surface area contributed by atoms with Crippen molar-refractivity contribution in [2.75, 3.05) is 35.6 Å². The third-order valence-corrected chi connectivity index (χ3v) is 5.13. The van der Waals surface area contributed by atoms with Gasteiger partial charge in [0, 0.05) is 31.0 Å². The van der Waals surface area contributed by atoms with Crippen LogP contribution in [0.15, 0.2) is 42.6 Å². The van der Waals surface area contributed by atoms with Crippen LogP contribution in [0.5, 0.6) is 5.75 Å². The van der Waals surface area contributed by atoms with Gasteiger partial charge in [-0.2, -0.15) is 0 Å². The lowest BCUT2D eigenvalue weighted by molar-refractivity contribution is -0.384. The van der Waals surface area contributed by atoms with Crippen LogP contribution < -0.4 is 14.4 Å². The predicted molar refractivity (Wildman–Crippen MR) is 106 cm³/mol. The average molecular weight is 406 g/mol. The molecule has 2 aromatic rings. The molecule has 3 rings (SSSR count). The number of rotatable bonds is 7. The summed E-state index contributed by atoms with van der Waals surface area (Å²) < 4.78 is 30.7. The molecule has 1 saturated heterocycles. The number of piperidine rings is 1. The third kappa shape index (κ3) is 5.56. The Morgan fingerprint density at radius 1 is 1.25 bits per heavy atom. The van der Waals surface area contributed by atoms with Crippen LogP contribution in [0.2, 0.25) is 0 Å². The van der Waals surface area contributed by atoms with Crippen LogP contribution in [0.1, 0.15) is 12.8 Å². The monoisotopic (exact) mass is 406 g/mol. The summed E-state index contributed by atoms with van der Waals surface area (Å²) >= 11 is 0. The van der Waals surface area contributed by atoms with E-state index < -0.39 is 14.9 Å². The van der Waals surface area contributed by atoms with E-state index in [2.05, 4.69) is 14.6 Å². The van der Waals surface area contributed by atoms with Crippen LogP contribution in [0.3, 0.4) is 0 Å². The van der Waals surface area contributed by atoms with Gasteiger partial charge in [0.2, 0.25) is 10.0 Å². The molecule has 0 amide bonds. The minimum Gasteiger partial charge on any atom is -0.493 e. The molecule has 1 N–H and O–H groups in total. The van der Waals surface area contributed by atoms with Crippen molar-refractivity contribution in [1.82, 2.24) is 4.98 Å². The molecule has 1 aromatic heterocycles. The van der Waals surface area contributed by atoms with Gasteiger partial charge < -0.3 is 9.64 Å². The number of anilines is 2. The number of nitrogens with one attached hydrogen (secondary N) is 1. The van der Waals surface area contributed by atoms with Crippen molar-refractivity contribution >= 4 is 27.2 Å². The van der Waals surface area contributed by atoms with E-state index in [9.17, 15) is 18.5 Å². The van der Waals surface area contributed by atoms with Crippen molar-refractivity contribution in [3.05, 3.63) is 52.7 Å². The van der Waals surface area contributed by atoms with Crippen LogP contribution in [0, 0.1) is 16.0 Å². The second-order valence-corrected chi connectivity index (χ2v) is 8.52. The van der Waals surface area contributed by atoms with Crippen molar-refractivity contribution < 1.29 is 18.1 Å². The molecule has 10 heteroatoms. The summed E-state index contributed by atoms with van der Waals surface area (Å²) in [6, 6.07) is 9.68. The number of pyridine rings is 1. The molecule has 1 fully saturated rings. The fourth-order valence-electron chi connectivity index (χ4n) is 3.07. The van der Waals surface area contributed by atoms with Crippen LogP contribution in [0.25, 0.3) is 0 Å². The Hall–Kier alpha value is -2.88. The van der Waals surface area contributed by atoms with E-state index >= 15 is 0 Å². The summed E-state index contributed by atoms with van der Waals surface area (Å²) in [6.45, 7) is 2.09. The lowest BCUT2D eigenvalue weighted by Gasteiger charge is -2.32. The maximum Gasteiger partial charge on any atom is 0.274 e. The normalized spacial score (nSPS) is 15.2. The first kappa shape index (κ1) is 19.9. The fraction of sp³-hybridized carbons (Fsp3) is 0.389. The predicted octanol–water partition coefficient (Wildman–Crippen LogP) is 2.66. The SMILES string of the molecule is CS(=O)(=O)Nc1ccc(OCC2CCN(c3cc([N+](=O)[O-])ccn3)CC2)cc1. The summed E-state index contributed by atoms with van der Waals surface area (Å²) in [5.74, 6) is 1.69. The molecule has 0 saturated carbocycles. The lowest BCUT2D eigenvalue weighted by atomic mass is 9.98. The van der Waals surface area contributed by atoms with E-state index in [1.165, 1.54) is 18.3 Å². The van der Waals surface area contributed by atoms with Gasteiger partial charge in [0.25, 0.3) is 5.69 Å². The van der Waals surface area contributed by atoms with Crippen molar-refractivity contribution in [2.45, 2.75) is 12.8 Å². The molecule has 1 aromatic carbocycles. The zero-order valence-electron chi connectivity index (χ0n) is 15.4. The van der Waals surface area contributed by atoms with E-state index in [0.717, 1.165) is 32.2 Å². The zero-order valence-corrected chi connectivity index (χ0v) is 16.3. The number of benzene rings is 1. The summed E-state index contributed by atoms with van der Waals surface area (Å²) in [6.07, 6.45) is 4.37. The molecule has 0 atom stereocenters. The van der Waals surface area contributed by atoms with Gasteiger partial charge in [-0.1, -0.05) is 0 Å². The first-order valence-electron chi connectivity index (χ1n) is 8.86. The standard InChI is InChI=1S/C18H22N4O5S/c1-28(25,26)20-15-2-4-17(5-3-15)27-13-14-7-10-21(11-8-14)18-12-16(22(23)24)6-9-19-18/h2-6,9,12,14,20H,7-8,10-11,13H2,1H3. The maximum atomic E-state index is 11.2. The highest BCUT2D eigenvalue weighted by atomic mass is 32.2. The number of hydrogen-bond donors (Lipinski definition) is 1. The smallest absolute Gasteiger partial charge is 0.274 e. The Morgan fingerprint density at radius 3 is 2.54 bits per heavy atom. The number of hydrogen-bond acceptors (Lipinski definition) is 7. The number of sulfonamides is 1. The number of aromatic nitrogens is 1. The number of nitro groups is 1. The Kier molecular flexibility index (Phi) is 5.98. The van der Waals surface area contributed by atoms with E-state index in [1.54, 1.807) is 24.3 Å². The van der Waals surface area contributed by atoms with Crippen LogP contribution in [0.4, 0.5) is 17.2 Å². The fourth-order valence-corrected chi connectivity index (χ4v) is 3.63. The minimum atomic E-state index is -3.29. The molecule has 0 bridgehead atoms. The summed E-state index contributed by atoms with van der Waals surface area (Å²) in [4.78, 5) is 16.8. The molecule has 0 spiro atoms. The van der Waals surface area contributed by atoms with Crippen LogP contribution in [-0.2, 0) is 10.0 Å². The number of ether oxygens (including phenoxy) is 1. The summed E-state index contributed by atoms with van der Waals surface area (Å²) in [5, 5.41) is 10.9. The maximum absolute atomic E-state index is 11.2. The van der Waals surface area contributed by atoms with E-state index in [-0.39, 0.29) is 5.69 Å². The van der Waals surface area contributed by atoms with Gasteiger partial charge in [-0.25, -0.2) is 13.4 Å². The van der Waals surface area contributed by atoms with Gasteiger partial charge >= 0.3 is 0 Å². The second kappa shape index (κ2) is 8.42. The molecule has 28 heavy (non-hydrogen) atoms. The molecule has 150 valence electrons. The minimum absolute atomic E-state index is 0.0456. The number of nitrogens with zero attached hydrogens (tertiary/aromatic N) is 3. The van der Waals surface area contributed by atoms with Gasteiger partial charge in [0.1, 0.15) is 11.6 Å². The molecule has 9 nitrogen and oxygen atoms in total. The van der Waals surface area contributed by atoms with Gasteiger partial charge in [0.15, 0.2) is 0 Å². The Labute approximate surface area is 163 Å². The molecule has 0 aliphatic carbocycles. The highest BCUT2D eigenvalue weighted by Crippen LogP contribution is 2.25. The third-order valence-electron chi connectivity index (χ3n) is 4.52. The molecule has 0 radical (unpaired) electrons. The van der Waals surface area contributed by atoms with Crippen LogP contribution in [-0.4, -0.2) is 44.3 Å². The Balaban J connectivity index is 1.48. The molecule has 0 unspecified atom stereocenters. The molecule has 2 heterocycles. The summed E-state index contributed by atoms with van der Waals surface area (Å²) in [5.41, 5.74) is 0.539. The lowest BCUT2D eigenvalue weighted by Crippen LogP contribution is -2.36. The van der Waals surface area contributed by atoms with Gasteiger partial charge in [-0.05, 0) is 43.0 Å². The molecular weight excluding hydrogens is 384 g/mol.